The molecule has 0 radical (unpaired) electrons. The van der Waals surface area contributed by atoms with Crippen LogP contribution in [0.3, 0.4) is 0 Å². The van der Waals surface area contributed by atoms with Gasteiger partial charge in [0.2, 0.25) is 0 Å². The van der Waals surface area contributed by atoms with Crippen LogP contribution in [0.5, 0.6) is 0 Å². The van der Waals surface area contributed by atoms with Crippen molar-refractivity contribution in [3.05, 3.63) is 11.4 Å². The van der Waals surface area contributed by atoms with Crippen molar-refractivity contribution >= 4 is 11.6 Å². The number of anilines is 2. The molecule has 2 atom stereocenters. The molecule has 118 valence electrons. The third-order valence-electron chi connectivity index (χ3n) is 4.06. The van der Waals surface area contributed by atoms with Gasteiger partial charge in [-0.3, -0.25) is 0 Å². The molecule has 2 unspecified atom stereocenters. The SMILES string of the molecule is CCCc1nc(NCC)c(C)c(NC2CCCCC2O)n1. The van der Waals surface area contributed by atoms with Crippen molar-refractivity contribution in [3.8, 4) is 0 Å². The van der Waals surface area contributed by atoms with Gasteiger partial charge < -0.3 is 15.7 Å². The Morgan fingerprint density at radius 1 is 1.14 bits per heavy atom. The Morgan fingerprint density at radius 3 is 2.52 bits per heavy atom. The summed E-state index contributed by atoms with van der Waals surface area (Å²) in [6.07, 6.45) is 5.80. The predicted octanol–water partition coefficient (Wildman–Crippen LogP) is 2.88. The highest BCUT2D eigenvalue weighted by molar-refractivity contribution is 5.57. The summed E-state index contributed by atoms with van der Waals surface area (Å²) in [4.78, 5) is 9.26. The van der Waals surface area contributed by atoms with Gasteiger partial charge in [0.1, 0.15) is 17.5 Å². The van der Waals surface area contributed by atoms with Crippen molar-refractivity contribution in [2.45, 2.75) is 71.4 Å². The van der Waals surface area contributed by atoms with Crippen molar-refractivity contribution in [2.75, 3.05) is 17.2 Å². The number of aromatic nitrogens is 2. The summed E-state index contributed by atoms with van der Waals surface area (Å²) >= 11 is 0. The molecule has 1 aliphatic carbocycles. The molecule has 1 aromatic rings. The van der Waals surface area contributed by atoms with E-state index < -0.39 is 0 Å². The van der Waals surface area contributed by atoms with E-state index in [1.54, 1.807) is 0 Å². The van der Waals surface area contributed by atoms with Crippen LogP contribution in [0.15, 0.2) is 0 Å². The second-order valence-corrected chi connectivity index (χ2v) is 5.85. The molecule has 0 aliphatic heterocycles. The summed E-state index contributed by atoms with van der Waals surface area (Å²) in [7, 11) is 0. The van der Waals surface area contributed by atoms with E-state index in [2.05, 4.69) is 34.4 Å². The number of hydrogen-bond acceptors (Lipinski definition) is 5. The molecule has 3 N–H and O–H groups in total. The lowest BCUT2D eigenvalue weighted by Gasteiger charge is -2.29. The highest BCUT2D eigenvalue weighted by Crippen LogP contribution is 2.26. The first-order valence-electron chi connectivity index (χ1n) is 8.21. The Kier molecular flexibility index (Phi) is 5.79. The molecule has 5 nitrogen and oxygen atoms in total. The van der Waals surface area contributed by atoms with E-state index in [0.717, 1.165) is 61.7 Å². The van der Waals surface area contributed by atoms with Crippen molar-refractivity contribution in [2.24, 2.45) is 0 Å². The van der Waals surface area contributed by atoms with E-state index >= 15 is 0 Å². The summed E-state index contributed by atoms with van der Waals surface area (Å²) in [5, 5.41) is 16.9. The fourth-order valence-electron chi connectivity index (χ4n) is 2.83. The highest BCUT2D eigenvalue weighted by Gasteiger charge is 2.24. The maximum absolute atomic E-state index is 10.1. The van der Waals surface area contributed by atoms with Gasteiger partial charge in [0.25, 0.3) is 0 Å². The molecule has 1 fully saturated rings. The number of nitrogens with zero attached hydrogens (tertiary/aromatic N) is 2. The van der Waals surface area contributed by atoms with Crippen LogP contribution < -0.4 is 10.6 Å². The zero-order valence-corrected chi connectivity index (χ0v) is 13.4. The maximum atomic E-state index is 10.1. The van der Waals surface area contributed by atoms with E-state index in [1.807, 2.05) is 6.92 Å². The van der Waals surface area contributed by atoms with Crippen molar-refractivity contribution in [1.29, 1.82) is 0 Å². The molecule has 1 aromatic heterocycles. The predicted molar refractivity (Wildman–Crippen MR) is 86.8 cm³/mol. The molecule has 0 amide bonds. The largest absolute Gasteiger partial charge is 0.391 e. The van der Waals surface area contributed by atoms with E-state index in [1.165, 1.54) is 6.42 Å². The number of nitrogens with one attached hydrogen (secondary N) is 2. The van der Waals surface area contributed by atoms with Crippen LogP contribution in [-0.4, -0.2) is 33.8 Å². The zero-order valence-electron chi connectivity index (χ0n) is 13.4. The minimum atomic E-state index is -0.273. The fraction of sp³-hybridized carbons (Fsp3) is 0.750. The van der Waals surface area contributed by atoms with Crippen LogP contribution >= 0.6 is 0 Å². The van der Waals surface area contributed by atoms with Crippen LogP contribution in [0, 0.1) is 6.92 Å². The first-order chi connectivity index (χ1) is 10.2. The lowest BCUT2D eigenvalue weighted by molar-refractivity contribution is 0.116. The Labute approximate surface area is 127 Å². The first-order valence-corrected chi connectivity index (χ1v) is 8.21. The summed E-state index contributed by atoms with van der Waals surface area (Å²) in [6, 6.07) is 0.108. The van der Waals surface area contributed by atoms with Gasteiger partial charge in [-0.1, -0.05) is 19.8 Å². The molecule has 2 rings (SSSR count). The summed E-state index contributed by atoms with van der Waals surface area (Å²) in [6.45, 7) is 7.08. The molecule has 5 heteroatoms. The zero-order chi connectivity index (χ0) is 15.2. The second kappa shape index (κ2) is 7.59. The molecule has 0 saturated heterocycles. The summed E-state index contributed by atoms with van der Waals surface area (Å²) in [5.74, 6) is 2.64. The molecule has 0 aromatic carbocycles. The Balaban J connectivity index is 2.23. The van der Waals surface area contributed by atoms with Crippen molar-refractivity contribution < 1.29 is 5.11 Å². The smallest absolute Gasteiger partial charge is 0.135 e. The van der Waals surface area contributed by atoms with Gasteiger partial charge >= 0.3 is 0 Å². The maximum Gasteiger partial charge on any atom is 0.135 e. The lowest BCUT2D eigenvalue weighted by atomic mass is 9.92. The first kappa shape index (κ1) is 16.0. The van der Waals surface area contributed by atoms with Gasteiger partial charge in [0.15, 0.2) is 0 Å². The van der Waals surface area contributed by atoms with Crippen LogP contribution in [-0.2, 0) is 6.42 Å². The quantitative estimate of drug-likeness (QED) is 0.752. The second-order valence-electron chi connectivity index (χ2n) is 5.85. The molecule has 1 heterocycles. The molecule has 0 spiro atoms. The number of aliphatic hydroxyl groups excluding tert-OH is 1. The average Bonchev–Trinajstić information content (AvgIpc) is 2.46. The van der Waals surface area contributed by atoms with E-state index in [4.69, 9.17) is 0 Å². The standard InChI is InChI=1S/C16H28N4O/c1-4-8-14-19-15(17-5-2)11(3)16(20-14)18-12-9-6-7-10-13(12)21/h12-13,21H,4-10H2,1-3H3,(H2,17,18,19,20). The molecule has 0 bridgehead atoms. The van der Waals surface area contributed by atoms with Crippen LogP contribution in [0.2, 0.25) is 0 Å². The van der Waals surface area contributed by atoms with Crippen molar-refractivity contribution in [1.82, 2.24) is 9.97 Å². The topological polar surface area (TPSA) is 70.1 Å². The van der Waals surface area contributed by atoms with Crippen LogP contribution in [0.25, 0.3) is 0 Å². The monoisotopic (exact) mass is 292 g/mol. The fourth-order valence-corrected chi connectivity index (χ4v) is 2.83. The minimum absolute atomic E-state index is 0.108. The summed E-state index contributed by atoms with van der Waals surface area (Å²) in [5.41, 5.74) is 1.04. The van der Waals surface area contributed by atoms with Gasteiger partial charge in [-0.25, -0.2) is 9.97 Å². The van der Waals surface area contributed by atoms with Gasteiger partial charge in [-0.15, -0.1) is 0 Å². The Morgan fingerprint density at radius 2 is 1.86 bits per heavy atom. The van der Waals surface area contributed by atoms with Crippen LogP contribution in [0.4, 0.5) is 11.6 Å². The van der Waals surface area contributed by atoms with Gasteiger partial charge in [-0.2, -0.15) is 0 Å². The lowest BCUT2D eigenvalue weighted by Crippen LogP contribution is -2.37. The third kappa shape index (κ3) is 4.06. The highest BCUT2D eigenvalue weighted by atomic mass is 16.3. The minimum Gasteiger partial charge on any atom is -0.391 e. The molecule has 1 aliphatic rings. The molecule has 1 saturated carbocycles. The third-order valence-corrected chi connectivity index (χ3v) is 4.06. The molecular weight excluding hydrogens is 264 g/mol. The van der Waals surface area contributed by atoms with E-state index in [9.17, 15) is 5.11 Å². The van der Waals surface area contributed by atoms with Gasteiger partial charge in [-0.05, 0) is 33.1 Å². The van der Waals surface area contributed by atoms with Gasteiger partial charge in [0.05, 0.1) is 12.1 Å². The number of aliphatic hydroxyl groups is 1. The molecule has 21 heavy (non-hydrogen) atoms. The number of hydrogen-bond donors (Lipinski definition) is 3. The Bertz CT molecular complexity index is 464. The summed E-state index contributed by atoms with van der Waals surface area (Å²) < 4.78 is 0. The normalized spacial score (nSPS) is 22.1. The average molecular weight is 292 g/mol. The number of rotatable bonds is 6. The Hall–Kier alpha value is -1.36. The van der Waals surface area contributed by atoms with E-state index in [0.29, 0.717) is 0 Å². The van der Waals surface area contributed by atoms with E-state index in [-0.39, 0.29) is 12.1 Å². The van der Waals surface area contributed by atoms with Crippen LogP contribution in [0.1, 0.15) is 57.3 Å². The van der Waals surface area contributed by atoms with Gasteiger partial charge in [0, 0.05) is 18.5 Å². The molecular formula is C16H28N4O. The number of aryl methyl sites for hydroxylation is 1. The van der Waals surface area contributed by atoms with Crippen molar-refractivity contribution in [3.63, 3.8) is 0 Å².